The number of aromatic nitrogens is 2. The van der Waals surface area contributed by atoms with Gasteiger partial charge in [-0.1, -0.05) is 35.9 Å². The summed E-state index contributed by atoms with van der Waals surface area (Å²) >= 11 is 6.72. The number of halogens is 2. The number of piperazine rings is 1. The summed E-state index contributed by atoms with van der Waals surface area (Å²) in [4.78, 5) is 30.5. The van der Waals surface area contributed by atoms with Gasteiger partial charge in [0.2, 0.25) is 0 Å². The molecule has 6 heterocycles. The number of carbonyl (C=O) groups is 1. The van der Waals surface area contributed by atoms with E-state index in [9.17, 15) is 14.3 Å². The lowest BCUT2D eigenvalue weighted by atomic mass is 9.95. The maximum absolute atomic E-state index is 14.5. The van der Waals surface area contributed by atoms with E-state index in [1.165, 1.54) is 0 Å². The molecular weight excluding hydrogens is 599 g/mol. The molecule has 0 aliphatic carbocycles. The first kappa shape index (κ1) is 29.0. The van der Waals surface area contributed by atoms with Crippen molar-refractivity contribution in [3.05, 3.63) is 52.7 Å². The van der Waals surface area contributed by atoms with Crippen molar-refractivity contribution in [3.63, 3.8) is 0 Å². The van der Waals surface area contributed by atoms with Crippen molar-refractivity contribution in [2.24, 2.45) is 0 Å². The summed E-state index contributed by atoms with van der Waals surface area (Å²) < 4.78 is 26.7. The lowest BCUT2D eigenvalue weighted by Gasteiger charge is -2.42. The third-order valence-electron chi connectivity index (χ3n) is 10.8. The van der Waals surface area contributed by atoms with Gasteiger partial charge in [0.25, 0.3) is 0 Å². The van der Waals surface area contributed by atoms with Gasteiger partial charge in [-0.05, 0) is 49.7 Å². The number of hydrogen-bond donors (Lipinski definition) is 1. The molecule has 1 N–H and O–H groups in total. The Labute approximate surface area is 266 Å². The van der Waals surface area contributed by atoms with Crippen molar-refractivity contribution in [1.29, 1.82) is 0 Å². The number of nitrogens with zero attached hydrogens (tertiary/aromatic N) is 6. The first-order valence-corrected chi connectivity index (χ1v) is 16.3. The number of amides is 1. The third kappa shape index (κ3) is 4.85. The quantitative estimate of drug-likeness (QED) is 0.411. The molecule has 8 rings (SSSR count). The van der Waals surface area contributed by atoms with Gasteiger partial charge in [0.15, 0.2) is 0 Å². The highest BCUT2D eigenvalue weighted by Crippen LogP contribution is 2.42. The van der Waals surface area contributed by atoms with Crippen molar-refractivity contribution in [2.45, 2.75) is 68.5 Å². The predicted octanol–water partition coefficient (Wildman–Crippen LogP) is 4.76. The molecule has 0 spiro atoms. The molecule has 5 aliphatic heterocycles. The topological polar surface area (TPSA) is 94.5 Å². The van der Waals surface area contributed by atoms with E-state index in [4.69, 9.17) is 31.0 Å². The summed E-state index contributed by atoms with van der Waals surface area (Å²) in [5, 5.41) is 12.8. The Balaban J connectivity index is 1.15. The number of rotatable bonds is 6. The van der Waals surface area contributed by atoms with E-state index >= 15 is 0 Å². The second-order valence-corrected chi connectivity index (χ2v) is 13.6. The highest BCUT2D eigenvalue weighted by Gasteiger charge is 2.51. The number of alkyl halides is 1. The van der Waals surface area contributed by atoms with Crippen molar-refractivity contribution in [3.8, 4) is 6.01 Å². The Hall–Kier alpha value is -3.41. The van der Waals surface area contributed by atoms with E-state index in [1.54, 1.807) is 12.0 Å². The van der Waals surface area contributed by atoms with E-state index in [1.807, 2.05) is 12.1 Å². The van der Waals surface area contributed by atoms with E-state index in [0.29, 0.717) is 56.7 Å². The molecule has 5 unspecified atom stereocenters. The molecule has 238 valence electrons. The predicted molar refractivity (Wildman–Crippen MR) is 169 cm³/mol. The van der Waals surface area contributed by atoms with Gasteiger partial charge in [-0.25, -0.2) is 9.18 Å². The maximum Gasteiger partial charge on any atom is 0.408 e. The molecule has 12 heteroatoms. The zero-order chi connectivity index (χ0) is 30.9. The molecule has 1 aromatic heterocycles. The van der Waals surface area contributed by atoms with Gasteiger partial charge in [-0.3, -0.25) is 9.80 Å². The Bertz CT molecular complexity index is 1640. The molecule has 2 bridgehead atoms. The van der Waals surface area contributed by atoms with Crippen LogP contribution in [0.1, 0.15) is 36.9 Å². The number of fused-ring (bicyclic) bond motifs is 5. The van der Waals surface area contributed by atoms with Gasteiger partial charge in [0.05, 0.1) is 41.0 Å². The van der Waals surface area contributed by atoms with Crippen molar-refractivity contribution < 1.29 is 23.8 Å². The average Bonchev–Trinajstić information content (AvgIpc) is 3.64. The molecule has 5 aliphatic rings. The van der Waals surface area contributed by atoms with Crippen LogP contribution in [0.5, 0.6) is 6.01 Å². The van der Waals surface area contributed by atoms with Crippen LogP contribution in [0.4, 0.5) is 20.7 Å². The van der Waals surface area contributed by atoms with Crippen LogP contribution in [0.2, 0.25) is 5.02 Å². The van der Waals surface area contributed by atoms with E-state index in [2.05, 4.69) is 39.0 Å². The number of methoxy groups -OCH3 is 1. The fourth-order valence-corrected chi connectivity index (χ4v) is 9.02. The summed E-state index contributed by atoms with van der Waals surface area (Å²) in [6, 6.07) is 12.0. The highest BCUT2D eigenvalue weighted by molar-refractivity contribution is 6.36. The van der Waals surface area contributed by atoms with Gasteiger partial charge >= 0.3 is 12.1 Å². The second-order valence-electron chi connectivity index (χ2n) is 13.2. The third-order valence-corrected chi connectivity index (χ3v) is 11.1. The molecule has 5 atom stereocenters. The minimum Gasteiger partial charge on any atom is -0.465 e. The number of anilines is 2. The molecule has 0 saturated carbocycles. The van der Waals surface area contributed by atoms with E-state index < -0.39 is 12.3 Å². The Kier molecular flexibility index (Phi) is 7.18. The van der Waals surface area contributed by atoms with Crippen molar-refractivity contribution in [2.75, 3.05) is 56.2 Å². The number of carboxylic acid groups (broad SMARTS) is 1. The maximum atomic E-state index is 14.5. The van der Waals surface area contributed by atoms with E-state index in [0.717, 1.165) is 65.9 Å². The average molecular weight is 637 g/mol. The molecule has 2 aromatic carbocycles. The van der Waals surface area contributed by atoms with Crippen LogP contribution in [0.15, 0.2) is 36.4 Å². The van der Waals surface area contributed by atoms with Crippen LogP contribution >= 0.6 is 11.6 Å². The van der Waals surface area contributed by atoms with Crippen LogP contribution in [0.3, 0.4) is 0 Å². The van der Waals surface area contributed by atoms with Crippen LogP contribution in [-0.2, 0) is 17.7 Å². The highest BCUT2D eigenvalue weighted by atomic mass is 35.5. The lowest BCUT2D eigenvalue weighted by Crippen LogP contribution is -2.57. The van der Waals surface area contributed by atoms with Gasteiger partial charge in [-0.2, -0.15) is 9.97 Å². The number of hydrogen-bond acceptors (Lipinski definition) is 8. The summed E-state index contributed by atoms with van der Waals surface area (Å²) in [6.07, 6.45) is 1.86. The molecule has 0 radical (unpaired) electrons. The molecule has 4 fully saturated rings. The number of ether oxygens (including phenoxy) is 2. The monoisotopic (exact) mass is 636 g/mol. The number of benzene rings is 2. The van der Waals surface area contributed by atoms with Crippen LogP contribution in [0, 0.1) is 0 Å². The lowest BCUT2D eigenvalue weighted by molar-refractivity contribution is 0.0595. The molecule has 3 aromatic rings. The minimum atomic E-state index is -0.912. The SMILES string of the molecule is COC1CC2CN(c3nc(OCC45CCCN4CC(F)C5)nc4c3CCN(c3cccc5cccc(Cl)c35)C4)CC1N2C(=O)O. The van der Waals surface area contributed by atoms with Crippen LogP contribution in [0.25, 0.3) is 10.8 Å². The summed E-state index contributed by atoms with van der Waals surface area (Å²) in [7, 11) is 1.65. The largest absolute Gasteiger partial charge is 0.465 e. The summed E-state index contributed by atoms with van der Waals surface area (Å²) in [6.45, 7) is 4.01. The Morgan fingerprint density at radius 3 is 2.80 bits per heavy atom. The molecular formula is C33H38ClFN6O4. The Morgan fingerprint density at radius 1 is 1.13 bits per heavy atom. The fourth-order valence-electron chi connectivity index (χ4n) is 8.74. The molecule has 4 saturated heterocycles. The first-order valence-electron chi connectivity index (χ1n) is 16.0. The molecule has 10 nitrogen and oxygen atoms in total. The zero-order valence-electron chi connectivity index (χ0n) is 25.4. The van der Waals surface area contributed by atoms with Gasteiger partial charge in [-0.15, -0.1) is 0 Å². The van der Waals surface area contributed by atoms with Crippen LogP contribution in [-0.4, -0.2) is 107 Å². The van der Waals surface area contributed by atoms with Gasteiger partial charge in [0.1, 0.15) is 18.6 Å². The Morgan fingerprint density at radius 2 is 1.98 bits per heavy atom. The van der Waals surface area contributed by atoms with Gasteiger partial charge in [0, 0.05) is 56.3 Å². The van der Waals surface area contributed by atoms with Gasteiger partial charge < -0.3 is 24.4 Å². The second kappa shape index (κ2) is 11.1. The normalized spacial score (nSPS) is 29.4. The smallest absolute Gasteiger partial charge is 0.408 e. The zero-order valence-corrected chi connectivity index (χ0v) is 26.1. The first-order chi connectivity index (χ1) is 21.8. The molecule has 1 amide bonds. The van der Waals surface area contributed by atoms with Crippen LogP contribution < -0.4 is 14.5 Å². The van der Waals surface area contributed by atoms with Crippen molar-refractivity contribution in [1.82, 2.24) is 19.8 Å². The molecule has 45 heavy (non-hydrogen) atoms. The minimum absolute atomic E-state index is 0.167. The summed E-state index contributed by atoms with van der Waals surface area (Å²) in [5.74, 6) is 0.804. The standard InChI is InChI=1S/C33H38ClFN6O4/c1-44-28-13-22-16-39(18-27(28)41(22)32(42)43)30-23-9-12-38(26-8-3-6-20-5-2-7-24(34)29(20)26)17-25(23)36-31(37-30)45-19-33-10-4-11-40(33)15-21(35)14-33/h2-3,5-8,21-22,27-28H,4,9-19H2,1H3,(H,42,43). The summed E-state index contributed by atoms with van der Waals surface area (Å²) in [5.41, 5.74) is 2.69. The van der Waals surface area contributed by atoms with E-state index in [-0.39, 0.29) is 23.7 Å². The van der Waals surface area contributed by atoms with Crippen molar-refractivity contribution >= 4 is 40.0 Å². The fraction of sp³-hybridized carbons (Fsp3) is 0.545.